The molecule has 126 valence electrons. The summed E-state index contributed by atoms with van der Waals surface area (Å²) in [6.07, 6.45) is 1.76. The summed E-state index contributed by atoms with van der Waals surface area (Å²) in [6.45, 7) is 8.42. The van der Waals surface area contributed by atoms with E-state index in [1.54, 1.807) is 6.33 Å². The summed E-state index contributed by atoms with van der Waals surface area (Å²) < 4.78 is 7.94. The van der Waals surface area contributed by atoms with Crippen molar-refractivity contribution in [3.8, 4) is 11.5 Å². The van der Waals surface area contributed by atoms with Gasteiger partial charge in [-0.2, -0.15) is 0 Å². The SMILES string of the molecule is CCn1cnnc1CN(C)Cc1nc(-c2ccccc2C)oc1C. The largest absolute Gasteiger partial charge is 0.441 e. The van der Waals surface area contributed by atoms with Crippen molar-refractivity contribution in [2.24, 2.45) is 0 Å². The van der Waals surface area contributed by atoms with E-state index in [2.05, 4.69) is 42.1 Å². The number of aryl methyl sites for hydroxylation is 3. The maximum absolute atomic E-state index is 5.89. The molecule has 0 bridgehead atoms. The van der Waals surface area contributed by atoms with Crippen LogP contribution in [0.4, 0.5) is 0 Å². The van der Waals surface area contributed by atoms with Crippen LogP contribution in [0.5, 0.6) is 0 Å². The molecular weight excluding hydrogens is 302 g/mol. The second-order valence-electron chi connectivity index (χ2n) is 6.04. The van der Waals surface area contributed by atoms with Gasteiger partial charge in [0.2, 0.25) is 5.89 Å². The van der Waals surface area contributed by atoms with E-state index in [4.69, 9.17) is 9.40 Å². The molecule has 2 aromatic heterocycles. The standard InChI is InChI=1S/C18H23N5O/c1-5-23-12-19-21-17(23)11-22(4)10-16-14(3)24-18(20-16)15-9-7-6-8-13(15)2/h6-9,12H,5,10-11H2,1-4H3. The fourth-order valence-corrected chi connectivity index (χ4v) is 2.72. The predicted molar refractivity (Wildman–Crippen MR) is 92.3 cm³/mol. The number of oxazole rings is 1. The molecule has 0 amide bonds. The second kappa shape index (κ2) is 6.97. The van der Waals surface area contributed by atoms with Gasteiger partial charge in [0.25, 0.3) is 0 Å². The number of hydrogen-bond acceptors (Lipinski definition) is 5. The number of hydrogen-bond donors (Lipinski definition) is 0. The summed E-state index contributed by atoms with van der Waals surface area (Å²) in [4.78, 5) is 6.87. The van der Waals surface area contributed by atoms with Crippen LogP contribution in [0.1, 0.15) is 29.8 Å². The van der Waals surface area contributed by atoms with E-state index >= 15 is 0 Å². The highest BCUT2D eigenvalue weighted by Gasteiger charge is 2.15. The van der Waals surface area contributed by atoms with Crippen molar-refractivity contribution >= 4 is 0 Å². The molecule has 24 heavy (non-hydrogen) atoms. The van der Waals surface area contributed by atoms with Crippen LogP contribution >= 0.6 is 0 Å². The van der Waals surface area contributed by atoms with Gasteiger partial charge in [0.15, 0.2) is 0 Å². The Balaban J connectivity index is 1.75. The van der Waals surface area contributed by atoms with E-state index in [9.17, 15) is 0 Å². The Morgan fingerprint density at radius 3 is 2.71 bits per heavy atom. The zero-order chi connectivity index (χ0) is 17.1. The molecule has 0 aliphatic rings. The molecule has 0 atom stereocenters. The minimum absolute atomic E-state index is 0.686. The first-order valence-electron chi connectivity index (χ1n) is 8.16. The summed E-state index contributed by atoms with van der Waals surface area (Å²) in [6, 6.07) is 8.13. The summed E-state index contributed by atoms with van der Waals surface area (Å²) in [7, 11) is 2.05. The van der Waals surface area contributed by atoms with E-state index in [0.29, 0.717) is 12.4 Å². The molecule has 0 saturated carbocycles. The van der Waals surface area contributed by atoms with Crippen molar-refractivity contribution < 1.29 is 4.42 Å². The molecule has 0 unspecified atom stereocenters. The highest BCUT2D eigenvalue weighted by atomic mass is 16.4. The van der Waals surface area contributed by atoms with E-state index < -0.39 is 0 Å². The van der Waals surface area contributed by atoms with E-state index in [-0.39, 0.29) is 0 Å². The fourth-order valence-electron chi connectivity index (χ4n) is 2.72. The van der Waals surface area contributed by atoms with Crippen molar-refractivity contribution in [2.45, 2.75) is 40.4 Å². The van der Waals surface area contributed by atoms with Crippen LogP contribution in [-0.4, -0.2) is 31.7 Å². The third-order valence-electron chi connectivity index (χ3n) is 4.14. The summed E-state index contributed by atoms with van der Waals surface area (Å²) in [5, 5.41) is 8.16. The van der Waals surface area contributed by atoms with Crippen molar-refractivity contribution in [1.29, 1.82) is 0 Å². The molecule has 0 radical (unpaired) electrons. The lowest BCUT2D eigenvalue weighted by Crippen LogP contribution is -2.20. The van der Waals surface area contributed by atoms with Gasteiger partial charge in [-0.05, 0) is 39.4 Å². The van der Waals surface area contributed by atoms with Crippen LogP contribution < -0.4 is 0 Å². The van der Waals surface area contributed by atoms with E-state index in [1.807, 2.05) is 29.7 Å². The average molecular weight is 325 g/mol. The van der Waals surface area contributed by atoms with Gasteiger partial charge in [-0.25, -0.2) is 4.98 Å². The molecule has 2 heterocycles. The van der Waals surface area contributed by atoms with Crippen molar-refractivity contribution in [3.05, 3.63) is 53.4 Å². The molecule has 6 heteroatoms. The lowest BCUT2D eigenvalue weighted by Gasteiger charge is -2.15. The van der Waals surface area contributed by atoms with Crippen LogP contribution in [-0.2, 0) is 19.6 Å². The maximum atomic E-state index is 5.89. The van der Waals surface area contributed by atoms with Gasteiger partial charge in [0.1, 0.15) is 17.9 Å². The zero-order valence-corrected chi connectivity index (χ0v) is 14.7. The van der Waals surface area contributed by atoms with Crippen molar-refractivity contribution in [2.75, 3.05) is 7.05 Å². The Bertz CT molecular complexity index is 820. The zero-order valence-electron chi connectivity index (χ0n) is 14.7. The molecule has 1 aromatic carbocycles. The second-order valence-corrected chi connectivity index (χ2v) is 6.04. The van der Waals surface area contributed by atoms with Gasteiger partial charge in [-0.15, -0.1) is 10.2 Å². The predicted octanol–water partition coefficient (Wildman–Crippen LogP) is 3.20. The first-order chi connectivity index (χ1) is 11.6. The van der Waals surface area contributed by atoms with Crippen molar-refractivity contribution in [3.63, 3.8) is 0 Å². The van der Waals surface area contributed by atoms with Crippen molar-refractivity contribution in [1.82, 2.24) is 24.6 Å². The number of nitrogens with zero attached hydrogens (tertiary/aromatic N) is 5. The van der Waals surface area contributed by atoms with Crippen LogP contribution in [0.2, 0.25) is 0 Å². The minimum atomic E-state index is 0.686. The molecule has 0 N–H and O–H groups in total. The smallest absolute Gasteiger partial charge is 0.226 e. The van der Waals surface area contributed by atoms with Gasteiger partial charge < -0.3 is 8.98 Å². The third kappa shape index (κ3) is 3.38. The molecule has 6 nitrogen and oxygen atoms in total. The van der Waals surface area contributed by atoms with Crippen LogP contribution in [0.15, 0.2) is 35.0 Å². The Morgan fingerprint density at radius 1 is 1.17 bits per heavy atom. The summed E-state index contributed by atoms with van der Waals surface area (Å²) in [5.41, 5.74) is 3.16. The topological polar surface area (TPSA) is 60.0 Å². The molecule has 0 saturated heterocycles. The quantitative estimate of drug-likeness (QED) is 0.696. The normalized spacial score (nSPS) is 11.4. The fraction of sp³-hybridized carbons (Fsp3) is 0.389. The van der Waals surface area contributed by atoms with Crippen LogP contribution in [0.3, 0.4) is 0 Å². The Hall–Kier alpha value is -2.47. The van der Waals surface area contributed by atoms with Crippen LogP contribution in [0.25, 0.3) is 11.5 Å². The number of rotatable bonds is 6. The van der Waals surface area contributed by atoms with Gasteiger partial charge in [0, 0.05) is 18.7 Å². The first-order valence-corrected chi connectivity index (χ1v) is 8.16. The third-order valence-corrected chi connectivity index (χ3v) is 4.14. The van der Waals surface area contributed by atoms with Crippen LogP contribution in [0, 0.1) is 13.8 Å². The lowest BCUT2D eigenvalue weighted by atomic mass is 10.1. The molecule has 3 rings (SSSR count). The Labute approximate surface area is 142 Å². The van der Waals surface area contributed by atoms with Gasteiger partial charge in [-0.1, -0.05) is 18.2 Å². The van der Waals surface area contributed by atoms with E-state index in [0.717, 1.165) is 41.5 Å². The molecule has 0 spiro atoms. The summed E-state index contributed by atoms with van der Waals surface area (Å²) >= 11 is 0. The average Bonchev–Trinajstić information content (AvgIpc) is 3.14. The molecule has 0 fully saturated rings. The monoisotopic (exact) mass is 325 g/mol. The molecule has 0 aliphatic heterocycles. The van der Waals surface area contributed by atoms with Gasteiger partial charge in [-0.3, -0.25) is 4.90 Å². The molecule has 0 aliphatic carbocycles. The first kappa shape index (κ1) is 16.4. The van der Waals surface area contributed by atoms with E-state index in [1.165, 1.54) is 0 Å². The lowest BCUT2D eigenvalue weighted by molar-refractivity contribution is 0.300. The molecule has 3 aromatic rings. The highest BCUT2D eigenvalue weighted by Crippen LogP contribution is 2.25. The minimum Gasteiger partial charge on any atom is -0.441 e. The van der Waals surface area contributed by atoms with Gasteiger partial charge >= 0.3 is 0 Å². The highest BCUT2D eigenvalue weighted by molar-refractivity contribution is 5.58. The Morgan fingerprint density at radius 2 is 1.96 bits per heavy atom. The summed E-state index contributed by atoms with van der Waals surface area (Å²) in [5.74, 6) is 2.50. The maximum Gasteiger partial charge on any atom is 0.226 e. The van der Waals surface area contributed by atoms with Gasteiger partial charge in [0.05, 0.1) is 12.2 Å². The number of aromatic nitrogens is 4. The Kier molecular flexibility index (Phi) is 4.76. The molecular formula is C18H23N5O. The number of benzene rings is 1.